The van der Waals surface area contributed by atoms with Crippen LogP contribution >= 0.6 is 0 Å². The SMILES string of the molecule is CCOc1cc(C=NN2C(=O)[C@@H]3[C@H](C2=O)[C@H]2C=C[C@H]3C2)cc([N+](=O)[O-])c1OCc1ccccc1C#N. The summed E-state index contributed by atoms with van der Waals surface area (Å²) in [7, 11) is 0. The fourth-order valence-electron chi connectivity index (χ4n) is 5.26. The molecule has 10 nitrogen and oxygen atoms in total. The molecule has 2 bridgehead atoms. The third-order valence-corrected chi connectivity index (χ3v) is 6.83. The summed E-state index contributed by atoms with van der Waals surface area (Å²) >= 11 is 0. The Labute approximate surface area is 206 Å². The van der Waals surface area contributed by atoms with Gasteiger partial charge in [-0.15, -0.1) is 0 Å². The highest BCUT2D eigenvalue weighted by molar-refractivity contribution is 6.06. The number of hydrazone groups is 1. The number of carbonyl (C=O) groups is 2. The first-order valence-electron chi connectivity index (χ1n) is 11.6. The fraction of sp³-hybridized carbons (Fsp3) is 0.308. The number of ether oxygens (including phenoxy) is 2. The molecule has 1 aliphatic heterocycles. The van der Waals surface area contributed by atoms with E-state index in [2.05, 4.69) is 11.2 Å². The van der Waals surface area contributed by atoms with Gasteiger partial charge in [0.25, 0.3) is 11.8 Å². The topological polar surface area (TPSA) is 135 Å². The van der Waals surface area contributed by atoms with Crippen LogP contribution in [0, 0.1) is 45.1 Å². The molecule has 0 N–H and O–H groups in total. The van der Waals surface area contributed by atoms with E-state index in [0.29, 0.717) is 11.1 Å². The lowest BCUT2D eigenvalue weighted by molar-refractivity contribution is -0.386. The number of benzene rings is 2. The summed E-state index contributed by atoms with van der Waals surface area (Å²) in [5, 5.41) is 26.2. The zero-order chi connectivity index (χ0) is 25.4. The number of imide groups is 1. The summed E-state index contributed by atoms with van der Waals surface area (Å²) < 4.78 is 11.4. The molecule has 2 fully saturated rings. The summed E-state index contributed by atoms with van der Waals surface area (Å²) in [4.78, 5) is 37.0. The van der Waals surface area contributed by atoms with E-state index in [0.717, 1.165) is 11.4 Å². The number of fused-ring (bicyclic) bond motifs is 5. The minimum absolute atomic E-state index is 0.0601. The fourth-order valence-corrected chi connectivity index (χ4v) is 5.26. The van der Waals surface area contributed by atoms with Crippen molar-refractivity contribution in [2.45, 2.75) is 20.0 Å². The summed E-state index contributed by atoms with van der Waals surface area (Å²) in [5.41, 5.74) is 0.876. The standard InChI is InChI=1S/C26H22N4O6/c1-2-35-21-10-15(13-28-29-25(31)22-16-7-8-17(11-16)23(22)26(29)32)9-20(30(33)34)24(21)36-14-19-6-4-3-5-18(19)12-27/h3-10,13,16-17,22-23H,2,11,14H2,1H3/t16-,17-,22-,23+/m0/s1. The van der Waals surface area contributed by atoms with Gasteiger partial charge in [-0.3, -0.25) is 19.7 Å². The van der Waals surface area contributed by atoms with Crippen molar-refractivity contribution >= 4 is 23.7 Å². The number of nitro benzene ring substituents is 1. The summed E-state index contributed by atoms with van der Waals surface area (Å²) in [5.74, 6) is -1.30. The van der Waals surface area contributed by atoms with Gasteiger partial charge in [-0.25, -0.2) is 0 Å². The van der Waals surface area contributed by atoms with Crippen LogP contribution in [0.3, 0.4) is 0 Å². The van der Waals surface area contributed by atoms with Crippen molar-refractivity contribution in [3.05, 3.63) is 75.4 Å². The zero-order valence-electron chi connectivity index (χ0n) is 19.4. The maximum absolute atomic E-state index is 12.9. The number of carbonyl (C=O) groups excluding carboxylic acids is 2. The van der Waals surface area contributed by atoms with Gasteiger partial charge in [0, 0.05) is 17.2 Å². The monoisotopic (exact) mass is 486 g/mol. The van der Waals surface area contributed by atoms with Gasteiger partial charge in [0.1, 0.15) is 6.61 Å². The molecule has 0 aromatic heterocycles. The Morgan fingerprint density at radius 3 is 2.50 bits per heavy atom. The lowest BCUT2D eigenvalue weighted by Gasteiger charge is -2.14. The molecular weight excluding hydrogens is 464 g/mol. The van der Waals surface area contributed by atoms with E-state index in [1.54, 1.807) is 31.2 Å². The van der Waals surface area contributed by atoms with E-state index >= 15 is 0 Å². The van der Waals surface area contributed by atoms with Gasteiger partial charge in [-0.1, -0.05) is 30.4 Å². The molecule has 0 spiro atoms. The first kappa shape index (κ1) is 23.2. The molecule has 36 heavy (non-hydrogen) atoms. The number of nitrogens with zero attached hydrogens (tertiary/aromatic N) is 4. The molecule has 2 amide bonds. The minimum atomic E-state index is -0.606. The van der Waals surface area contributed by atoms with E-state index in [1.165, 1.54) is 18.3 Å². The molecule has 1 heterocycles. The van der Waals surface area contributed by atoms with Gasteiger partial charge in [-0.2, -0.15) is 15.4 Å². The number of amides is 2. The van der Waals surface area contributed by atoms with Crippen LogP contribution in [-0.2, 0) is 16.2 Å². The first-order chi connectivity index (χ1) is 17.4. The Kier molecular flexibility index (Phi) is 5.98. The third-order valence-electron chi connectivity index (χ3n) is 6.83. The van der Waals surface area contributed by atoms with Crippen molar-refractivity contribution < 1.29 is 24.0 Å². The Morgan fingerprint density at radius 1 is 1.17 bits per heavy atom. The smallest absolute Gasteiger partial charge is 0.315 e. The lowest BCUT2D eigenvalue weighted by atomic mass is 9.85. The van der Waals surface area contributed by atoms with Crippen LogP contribution in [0.15, 0.2) is 53.7 Å². The second-order valence-corrected chi connectivity index (χ2v) is 8.85. The molecule has 1 saturated carbocycles. The van der Waals surface area contributed by atoms with Crippen LogP contribution in [-0.4, -0.2) is 34.6 Å². The van der Waals surface area contributed by atoms with E-state index in [-0.39, 0.29) is 71.4 Å². The Morgan fingerprint density at radius 2 is 1.86 bits per heavy atom. The summed E-state index contributed by atoms with van der Waals surface area (Å²) in [6.07, 6.45) is 6.05. The maximum Gasteiger partial charge on any atom is 0.315 e. The van der Waals surface area contributed by atoms with Crippen molar-refractivity contribution in [3.63, 3.8) is 0 Å². The minimum Gasteiger partial charge on any atom is -0.490 e. The highest BCUT2D eigenvalue weighted by Crippen LogP contribution is 2.52. The quantitative estimate of drug-likeness (QED) is 0.183. The Balaban J connectivity index is 1.43. The molecular formula is C26H22N4O6. The number of allylic oxidation sites excluding steroid dienone is 2. The van der Waals surface area contributed by atoms with E-state index < -0.39 is 4.92 Å². The summed E-state index contributed by atoms with van der Waals surface area (Å²) in [6, 6.07) is 11.6. The van der Waals surface area contributed by atoms with Gasteiger partial charge >= 0.3 is 5.69 Å². The molecule has 4 atom stereocenters. The molecule has 2 aromatic rings. The van der Waals surface area contributed by atoms with Crippen LogP contribution in [0.5, 0.6) is 11.5 Å². The predicted octanol–water partition coefficient (Wildman–Crippen LogP) is 3.59. The second kappa shape index (κ2) is 9.26. The molecule has 182 valence electrons. The third kappa shape index (κ3) is 3.88. The maximum atomic E-state index is 12.9. The zero-order valence-corrected chi connectivity index (χ0v) is 19.4. The van der Waals surface area contributed by atoms with Crippen molar-refractivity contribution in [3.8, 4) is 17.6 Å². The van der Waals surface area contributed by atoms with E-state index in [1.807, 2.05) is 12.2 Å². The molecule has 2 aliphatic carbocycles. The number of rotatable bonds is 8. The van der Waals surface area contributed by atoms with Crippen molar-refractivity contribution in [1.29, 1.82) is 5.26 Å². The van der Waals surface area contributed by atoms with E-state index in [4.69, 9.17) is 9.47 Å². The molecule has 0 radical (unpaired) electrons. The van der Waals surface area contributed by atoms with Gasteiger partial charge in [0.15, 0.2) is 5.75 Å². The molecule has 1 saturated heterocycles. The van der Waals surface area contributed by atoms with Crippen LogP contribution in [0.25, 0.3) is 0 Å². The lowest BCUT2D eigenvalue weighted by Crippen LogP contribution is -2.28. The largest absolute Gasteiger partial charge is 0.490 e. The van der Waals surface area contributed by atoms with Gasteiger partial charge in [-0.05, 0) is 37.3 Å². The number of nitro groups is 1. The highest BCUT2D eigenvalue weighted by Gasteiger charge is 2.59. The predicted molar refractivity (Wildman–Crippen MR) is 127 cm³/mol. The van der Waals surface area contributed by atoms with Crippen molar-refractivity contribution in [2.75, 3.05) is 6.61 Å². The molecule has 0 unspecified atom stereocenters. The Hall–Kier alpha value is -4.52. The van der Waals surface area contributed by atoms with Gasteiger partial charge in [0.2, 0.25) is 5.75 Å². The molecule has 2 aromatic carbocycles. The van der Waals surface area contributed by atoms with Crippen LogP contribution < -0.4 is 9.47 Å². The number of hydrogen-bond acceptors (Lipinski definition) is 8. The van der Waals surface area contributed by atoms with Crippen LogP contribution in [0.2, 0.25) is 0 Å². The average molecular weight is 486 g/mol. The highest BCUT2D eigenvalue weighted by atomic mass is 16.6. The average Bonchev–Trinajstić information content (AvgIpc) is 3.56. The normalized spacial score (nSPS) is 23.8. The van der Waals surface area contributed by atoms with Crippen LogP contribution in [0.4, 0.5) is 5.69 Å². The first-order valence-corrected chi connectivity index (χ1v) is 11.6. The van der Waals surface area contributed by atoms with Crippen molar-refractivity contribution in [1.82, 2.24) is 5.01 Å². The van der Waals surface area contributed by atoms with Gasteiger partial charge < -0.3 is 9.47 Å². The number of nitriles is 1. The van der Waals surface area contributed by atoms with Crippen LogP contribution in [0.1, 0.15) is 30.0 Å². The molecule has 5 rings (SSSR count). The Bertz CT molecular complexity index is 1330. The van der Waals surface area contributed by atoms with E-state index in [9.17, 15) is 25.0 Å². The molecule has 10 heteroatoms. The van der Waals surface area contributed by atoms with Gasteiger partial charge in [0.05, 0.1) is 41.2 Å². The molecule has 3 aliphatic rings. The second-order valence-electron chi connectivity index (χ2n) is 8.85. The van der Waals surface area contributed by atoms with Crippen molar-refractivity contribution in [2.24, 2.45) is 28.8 Å². The number of hydrogen-bond donors (Lipinski definition) is 0. The summed E-state index contributed by atoms with van der Waals surface area (Å²) in [6.45, 7) is 1.86.